The van der Waals surface area contributed by atoms with Crippen molar-refractivity contribution in [2.45, 2.75) is 156 Å². The van der Waals surface area contributed by atoms with Crippen LogP contribution in [0.15, 0.2) is 24.3 Å². The molecule has 4 nitrogen and oxygen atoms in total. The smallest absolute Gasteiger partial charge is 0.303 e. The van der Waals surface area contributed by atoms with Crippen LogP contribution in [0.3, 0.4) is 0 Å². The van der Waals surface area contributed by atoms with E-state index in [1.54, 1.807) is 0 Å². The van der Waals surface area contributed by atoms with E-state index < -0.39 is 16.6 Å². The number of ether oxygens (including phenoxy) is 1. The van der Waals surface area contributed by atoms with E-state index in [9.17, 15) is 4.79 Å². The minimum atomic E-state index is -1.99. The average molecular weight is 579 g/mol. The SMILES string of the molecule is C=C1C[C@@H]2[C@H](/C=C/C(O[Si](C)(C)C(C)(C)C)C(C)(C)CCCC)[C@H](O[Si](C)(C)C(C)(C)C)C[C@@H]2C1OC(C)=O. The van der Waals surface area contributed by atoms with Crippen molar-refractivity contribution in [2.75, 3.05) is 0 Å². The van der Waals surface area contributed by atoms with E-state index in [2.05, 4.69) is 107 Å². The fourth-order valence-electron chi connectivity index (χ4n) is 5.77. The Morgan fingerprint density at radius 1 is 1.00 bits per heavy atom. The molecule has 0 amide bonds. The van der Waals surface area contributed by atoms with Crippen LogP contribution in [0.2, 0.25) is 36.3 Å². The summed E-state index contributed by atoms with van der Waals surface area (Å²) in [5.74, 6) is 0.677. The van der Waals surface area contributed by atoms with Gasteiger partial charge in [-0.2, -0.15) is 0 Å². The Balaban J connectivity index is 2.49. The van der Waals surface area contributed by atoms with Gasteiger partial charge in [0, 0.05) is 18.8 Å². The number of carbonyl (C=O) groups is 1. The Kier molecular flexibility index (Phi) is 10.9. The number of fused-ring (bicyclic) bond motifs is 1. The average Bonchev–Trinajstić information content (AvgIpc) is 3.22. The first-order chi connectivity index (χ1) is 17.5. The minimum Gasteiger partial charge on any atom is -0.458 e. The zero-order chi connectivity index (χ0) is 30.2. The van der Waals surface area contributed by atoms with Crippen LogP contribution in [-0.2, 0) is 18.4 Å². The Hall–Kier alpha value is -0.696. The maximum atomic E-state index is 12.0. The zero-order valence-corrected chi connectivity index (χ0v) is 30.0. The molecule has 2 unspecified atom stereocenters. The molecule has 6 heteroatoms. The largest absolute Gasteiger partial charge is 0.458 e. The summed E-state index contributed by atoms with van der Waals surface area (Å²) in [4.78, 5) is 12.0. The summed E-state index contributed by atoms with van der Waals surface area (Å²) in [5.41, 5.74) is 1.09. The van der Waals surface area contributed by atoms with Gasteiger partial charge in [0.15, 0.2) is 16.6 Å². The van der Waals surface area contributed by atoms with Crippen LogP contribution in [-0.4, -0.2) is 40.9 Å². The number of esters is 1. The molecule has 6 atom stereocenters. The van der Waals surface area contributed by atoms with Gasteiger partial charge >= 0.3 is 5.97 Å². The molecule has 2 aliphatic rings. The molecule has 39 heavy (non-hydrogen) atoms. The summed E-state index contributed by atoms with van der Waals surface area (Å²) in [6.45, 7) is 36.2. The molecule has 0 saturated heterocycles. The molecule has 0 N–H and O–H groups in total. The van der Waals surface area contributed by atoms with Gasteiger partial charge in [-0.15, -0.1) is 0 Å². The van der Waals surface area contributed by atoms with Crippen LogP contribution in [0.4, 0.5) is 0 Å². The van der Waals surface area contributed by atoms with E-state index in [1.165, 1.54) is 19.8 Å². The Labute approximate surface area is 244 Å². The van der Waals surface area contributed by atoms with E-state index in [4.69, 9.17) is 13.6 Å². The molecule has 2 rings (SSSR count). The Morgan fingerprint density at radius 3 is 2.05 bits per heavy atom. The second kappa shape index (κ2) is 12.3. The summed E-state index contributed by atoms with van der Waals surface area (Å²) >= 11 is 0. The Bertz CT molecular complexity index is 890. The van der Waals surface area contributed by atoms with Crippen molar-refractivity contribution >= 4 is 22.6 Å². The first-order valence-corrected chi connectivity index (χ1v) is 21.2. The monoisotopic (exact) mass is 578 g/mol. The van der Waals surface area contributed by atoms with Crippen molar-refractivity contribution in [2.24, 2.45) is 23.2 Å². The van der Waals surface area contributed by atoms with Crippen molar-refractivity contribution in [3.8, 4) is 0 Å². The number of hydrogen-bond donors (Lipinski definition) is 0. The van der Waals surface area contributed by atoms with Crippen molar-refractivity contribution in [3.63, 3.8) is 0 Å². The summed E-state index contributed by atoms with van der Waals surface area (Å²) in [7, 11) is -3.98. The van der Waals surface area contributed by atoms with Gasteiger partial charge in [-0.1, -0.05) is 93.9 Å². The number of carbonyl (C=O) groups excluding carboxylic acids is 1. The number of rotatable bonds is 11. The second-order valence-electron chi connectivity index (χ2n) is 16.2. The molecule has 2 fully saturated rings. The third-order valence-corrected chi connectivity index (χ3v) is 19.5. The predicted molar refractivity (Wildman–Crippen MR) is 171 cm³/mol. The van der Waals surface area contributed by atoms with Gasteiger partial charge in [0.1, 0.15) is 6.10 Å². The third kappa shape index (κ3) is 8.20. The van der Waals surface area contributed by atoms with Gasteiger partial charge in [-0.05, 0) is 72.4 Å². The second-order valence-corrected chi connectivity index (χ2v) is 25.7. The summed E-state index contributed by atoms with van der Waals surface area (Å²) in [6, 6.07) is 0. The minimum absolute atomic E-state index is 0.0371. The lowest BCUT2D eigenvalue weighted by Crippen LogP contribution is -2.47. The van der Waals surface area contributed by atoms with Crippen LogP contribution in [0, 0.1) is 23.2 Å². The van der Waals surface area contributed by atoms with Crippen molar-refractivity contribution < 1.29 is 18.4 Å². The summed E-state index contributed by atoms with van der Waals surface area (Å²) < 4.78 is 20.1. The lowest BCUT2D eigenvalue weighted by molar-refractivity contribution is -0.146. The lowest BCUT2D eigenvalue weighted by atomic mass is 9.80. The summed E-state index contributed by atoms with van der Waals surface area (Å²) in [6.07, 6.45) is 10.1. The molecule has 2 saturated carbocycles. The number of unbranched alkanes of at least 4 members (excludes halogenated alkanes) is 1. The number of hydrogen-bond acceptors (Lipinski definition) is 4. The van der Waals surface area contributed by atoms with Gasteiger partial charge in [0.25, 0.3) is 0 Å². The molecule has 0 bridgehead atoms. The van der Waals surface area contributed by atoms with Gasteiger partial charge in [-0.3, -0.25) is 4.79 Å². The van der Waals surface area contributed by atoms with E-state index in [-0.39, 0.29) is 51.6 Å². The van der Waals surface area contributed by atoms with Gasteiger partial charge in [0.2, 0.25) is 0 Å². The quantitative estimate of drug-likeness (QED) is 0.139. The molecular weight excluding hydrogens is 517 g/mol. The van der Waals surface area contributed by atoms with Gasteiger partial charge < -0.3 is 13.6 Å². The molecule has 0 spiro atoms. The van der Waals surface area contributed by atoms with Crippen molar-refractivity contribution in [1.82, 2.24) is 0 Å². The fourth-order valence-corrected chi connectivity index (χ4v) is 8.52. The van der Waals surface area contributed by atoms with Crippen molar-refractivity contribution in [1.29, 1.82) is 0 Å². The molecule has 0 aromatic heterocycles. The summed E-state index contributed by atoms with van der Waals surface area (Å²) in [5, 5.41) is 0.279. The molecule has 0 radical (unpaired) electrons. The van der Waals surface area contributed by atoms with Crippen LogP contribution >= 0.6 is 0 Å². The molecule has 2 aliphatic carbocycles. The third-order valence-electron chi connectivity index (χ3n) is 10.5. The van der Waals surface area contributed by atoms with Crippen molar-refractivity contribution in [3.05, 3.63) is 24.3 Å². The lowest BCUT2D eigenvalue weighted by Gasteiger charge is -2.44. The first kappa shape index (κ1) is 34.5. The Morgan fingerprint density at radius 2 is 1.56 bits per heavy atom. The highest BCUT2D eigenvalue weighted by Crippen LogP contribution is 2.54. The molecule has 0 heterocycles. The standard InChI is InChI=1S/C33H62O4Si2/c1-16-17-20-33(10,11)29(37-39(14,15)32(7,8)9)19-18-25-26-21-23(2)30(35-24(3)34)27(26)22-28(25)36-38(12,13)31(4,5)6/h18-19,25-30H,2,16-17,20-22H2,1,3-15H3/b19-18+/t25-,26+,27-,28+,29?,30?/m0/s1. The highest BCUT2D eigenvalue weighted by atomic mass is 28.4. The predicted octanol–water partition coefficient (Wildman–Crippen LogP) is 9.68. The van der Waals surface area contributed by atoms with E-state index in [0.717, 1.165) is 24.8 Å². The maximum Gasteiger partial charge on any atom is 0.303 e. The highest BCUT2D eigenvalue weighted by Gasteiger charge is 2.54. The van der Waals surface area contributed by atoms with Crippen LogP contribution < -0.4 is 0 Å². The van der Waals surface area contributed by atoms with Crippen LogP contribution in [0.5, 0.6) is 0 Å². The van der Waals surface area contributed by atoms with E-state index >= 15 is 0 Å². The fraction of sp³-hybridized carbons (Fsp3) is 0.848. The topological polar surface area (TPSA) is 44.8 Å². The van der Waals surface area contributed by atoms with E-state index in [0.29, 0.717) is 5.92 Å². The molecule has 0 aromatic carbocycles. The van der Waals surface area contributed by atoms with Crippen LogP contribution in [0.1, 0.15) is 101 Å². The van der Waals surface area contributed by atoms with E-state index in [1.807, 2.05) is 0 Å². The molecular formula is C33H62O4Si2. The molecule has 0 aromatic rings. The van der Waals surface area contributed by atoms with Gasteiger partial charge in [0.05, 0.1) is 12.2 Å². The highest BCUT2D eigenvalue weighted by molar-refractivity contribution is 6.74. The molecule has 226 valence electrons. The maximum absolute atomic E-state index is 12.0. The van der Waals surface area contributed by atoms with Gasteiger partial charge in [-0.25, -0.2) is 0 Å². The first-order valence-electron chi connectivity index (χ1n) is 15.4. The van der Waals surface area contributed by atoms with Crippen LogP contribution in [0.25, 0.3) is 0 Å². The zero-order valence-electron chi connectivity index (χ0n) is 28.0. The molecule has 0 aliphatic heterocycles. The normalized spacial score (nSPS) is 27.7.